The van der Waals surface area contributed by atoms with Gasteiger partial charge in [-0.3, -0.25) is 4.79 Å². The minimum atomic E-state index is -3.15. The quantitative estimate of drug-likeness (QED) is 0.479. The van der Waals surface area contributed by atoms with Gasteiger partial charge in [-0.2, -0.15) is 5.06 Å². The van der Waals surface area contributed by atoms with Gasteiger partial charge < -0.3 is 15.5 Å². The highest BCUT2D eigenvalue weighted by Crippen LogP contribution is 2.28. The molecule has 0 spiro atoms. The van der Waals surface area contributed by atoms with Gasteiger partial charge in [0.05, 0.1) is 29.6 Å². The van der Waals surface area contributed by atoms with Crippen LogP contribution < -0.4 is 10.6 Å². The number of hydroxylamine groups is 2. The summed E-state index contributed by atoms with van der Waals surface area (Å²) < 4.78 is 24.4. The van der Waals surface area contributed by atoms with Gasteiger partial charge in [-0.15, -0.1) is 0 Å². The van der Waals surface area contributed by atoms with Gasteiger partial charge >= 0.3 is 5.97 Å². The Balaban J connectivity index is 1.42. The third-order valence-corrected chi connectivity index (χ3v) is 7.19. The lowest BCUT2D eigenvalue weighted by atomic mass is 10.0. The lowest BCUT2D eigenvalue weighted by Crippen LogP contribution is -2.39. The Kier molecular flexibility index (Phi) is 4.95. The number of rotatable bonds is 6. The van der Waals surface area contributed by atoms with Crippen molar-refractivity contribution in [2.75, 3.05) is 12.3 Å². The minimum absolute atomic E-state index is 0.0919. The number of carbonyl (C=O) groups is 2. The molecule has 3 unspecified atom stereocenters. The van der Waals surface area contributed by atoms with Crippen LogP contribution in [0.4, 0.5) is 0 Å². The largest absolute Gasteiger partial charge is 0.357 e. The number of nitrogens with one attached hydrogen (secondary N) is 2. The molecule has 8 nitrogen and oxygen atoms in total. The summed E-state index contributed by atoms with van der Waals surface area (Å²) in [6.45, 7) is 0.451. The van der Waals surface area contributed by atoms with Crippen LogP contribution in [0.2, 0.25) is 0 Å². The first-order valence-corrected chi connectivity index (χ1v) is 10.3. The van der Waals surface area contributed by atoms with Crippen LogP contribution in [0.3, 0.4) is 0 Å². The molecule has 3 saturated heterocycles. The van der Waals surface area contributed by atoms with Gasteiger partial charge in [0.2, 0.25) is 0 Å². The molecule has 10 heteroatoms. The van der Waals surface area contributed by atoms with E-state index >= 15 is 0 Å². The Morgan fingerprint density at radius 3 is 2.83 bits per heavy atom. The number of nitrogens with zero attached hydrogens (tertiary/aromatic N) is 1. The lowest BCUT2D eigenvalue weighted by Gasteiger charge is -2.17. The number of carbonyl (C=O) groups excluding carboxylic acids is 2. The zero-order valence-corrected chi connectivity index (χ0v) is 14.8. The van der Waals surface area contributed by atoms with Crippen molar-refractivity contribution in [1.82, 2.24) is 15.7 Å². The molecule has 3 atom stereocenters. The van der Waals surface area contributed by atoms with Crippen LogP contribution in [0.5, 0.6) is 0 Å². The predicted octanol–water partition coefficient (Wildman–Crippen LogP) is -0.361. The van der Waals surface area contributed by atoms with Gasteiger partial charge in [0.25, 0.3) is 5.91 Å². The summed E-state index contributed by atoms with van der Waals surface area (Å²) >= 11 is 5.04. The Morgan fingerprint density at radius 2 is 2.12 bits per heavy atom. The molecule has 0 aliphatic carbocycles. The molecule has 0 bridgehead atoms. The lowest BCUT2D eigenvalue weighted by molar-refractivity contribution is -0.192. The van der Waals surface area contributed by atoms with E-state index in [1.165, 1.54) is 0 Å². The molecule has 3 heterocycles. The maximum Gasteiger partial charge on any atom is 0.332 e. The van der Waals surface area contributed by atoms with Crippen LogP contribution in [0.1, 0.15) is 38.5 Å². The van der Waals surface area contributed by atoms with Gasteiger partial charge in [0.1, 0.15) is 0 Å². The van der Waals surface area contributed by atoms with Crippen LogP contribution in [0, 0.1) is 0 Å². The van der Waals surface area contributed by atoms with Crippen molar-refractivity contribution in [3.63, 3.8) is 0 Å². The molecular weight excluding hydrogens is 354 g/mol. The second-order valence-corrected chi connectivity index (χ2v) is 9.10. The number of unbranched alkanes of at least 4 members (excludes halogenated alkanes) is 1. The Labute approximate surface area is 146 Å². The molecule has 1 amide bonds. The predicted molar refractivity (Wildman–Crippen MR) is 89.5 cm³/mol. The minimum Gasteiger partial charge on any atom is -0.357 e. The summed E-state index contributed by atoms with van der Waals surface area (Å²) in [5.41, 5.74) is 0. The van der Waals surface area contributed by atoms with Crippen LogP contribution in [-0.4, -0.2) is 60.1 Å². The molecule has 3 aliphatic heterocycles. The summed E-state index contributed by atoms with van der Waals surface area (Å²) in [4.78, 5) is 28.1. The third-order valence-electron chi connectivity index (χ3n) is 4.68. The van der Waals surface area contributed by atoms with Gasteiger partial charge in [-0.25, -0.2) is 13.2 Å². The number of hydrogen-bond donors (Lipinski definition) is 2. The smallest absolute Gasteiger partial charge is 0.332 e. The number of thiocarbonyl (C=S) groups is 1. The van der Waals surface area contributed by atoms with Crippen LogP contribution >= 0.6 is 12.2 Å². The summed E-state index contributed by atoms with van der Waals surface area (Å²) in [5, 5.41) is 7.15. The molecule has 24 heavy (non-hydrogen) atoms. The maximum absolute atomic E-state index is 12.2. The summed E-state index contributed by atoms with van der Waals surface area (Å²) in [7, 11) is -3.15. The average molecular weight is 375 g/mol. The fourth-order valence-electron chi connectivity index (χ4n) is 3.51. The van der Waals surface area contributed by atoms with Gasteiger partial charge in [0, 0.05) is 12.8 Å². The van der Waals surface area contributed by atoms with Crippen molar-refractivity contribution in [1.29, 1.82) is 0 Å². The normalized spacial score (nSPS) is 30.8. The van der Waals surface area contributed by atoms with Crippen LogP contribution in [0.25, 0.3) is 0 Å². The third kappa shape index (κ3) is 3.64. The van der Waals surface area contributed by atoms with E-state index in [2.05, 4.69) is 10.6 Å². The van der Waals surface area contributed by atoms with E-state index in [-0.39, 0.29) is 30.2 Å². The van der Waals surface area contributed by atoms with Crippen molar-refractivity contribution < 1.29 is 22.8 Å². The second kappa shape index (κ2) is 6.83. The highest BCUT2D eigenvalue weighted by molar-refractivity contribution is 7.92. The maximum atomic E-state index is 12.2. The van der Waals surface area contributed by atoms with E-state index in [1.807, 2.05) is 0 Å². The SMILES string of the molecule is O=C(CCCCC1C2NC(=S)NC2CS1(=O)=O)ON1CCCC1=O. The molecule has 0 aromatic heterocycles. The summed E-state index contributed by atoms with van der Waals surface area (Å²) in [6, 6.07) is -0.338. The Hall–Kier alpha value is -1.42. The number of sulfone groups is 1. The van der Waals surface area contributed by atoms with E-state index in [0.717, 1.165) is 5.06 Å². The van der Waals surface area contributed by atoms with Crippen molar-refractivity contribution in [3.05, 3.63) is 0 Å². The molecule has 3 rings (SSSR count). The van der Waals surface area contributed by atoms with Gasteiger partial charge in [-0.05, 0) is 31.5 Å². The zero-order valence-electron chi connectivity index (χ0n) is 13.2. The zero-order chi connectivity index (χ0) is 17.3. The highest BCUT2D eigenvalue weighted by atomic mass is 32.2. The van der Waals surface area contributed by atoms with Gasteiger partial charge in [-0.1, -0.05) is 6.42 Å². The van der Waals surface area contributed by atoms with Gasteiger partial charge in [0.15, 0.2) is 14.9 Å². The first-order valence-electron chi connectivity index (χ1n) is 8.16. The molecule has 2 N–H and O–H groups in total. The molecule has 0 aromatic rings. The van der Waals surface area contributed by atoms with E-state index in [0.29, 0.717) is 43.8 Å². The second-order valence-electron chi connectivity index (χ2n) is 6.43. The molecule has 0 aromatic carbocycles. The summed E-state index contributed by atoms with van der Waals surface area (Å²) in [6.07, 6.45) is 2.91. The molecule has 3 fully saturated rings. The first-order chi connectivity index (χ1) is 11.4. The molecule has 134 valence electrons. The topological polar surface area (TPSA) is 105 Å². The number of fused-ring (bicyclic) bond motifs is 1. The average Bonchev–Trinajstić information content (AvgIpc) is 3.10. The molecular formula is C14H21N3O5S2. The Bertz CT molecular complexity index is 651. The van der Waals surface area contributed by atoms with Crippen molar-refractivity contribution in [3.8, 4) is 0 Å². The van der Waals surface area contributed by atoms with Crippen LogP contribution in [0.15, 0.2) is 0 Å². The highest BCUT2D eigenvalue weighted by Gasteiger charge is 2.50. The molecule has 3 aliphatic rings. The fourth-order valence-corrected chi connectivity index (χ4v) is 6.06. The van der Waals surface area contributed by atoms with E-state index in [4.69, 9.17) is 17.1 Å². The first kappa shape index (κ1) is 17.4. The monoisotopic (exact) mass is 375 g/mol. The molecule has 0 saturated carbocycles. The van der Waals surface area contributed by atoms with Crippen LogP contribution in [-0.2, 0) is 24.3 Å². The standard InChI is InChI=1S/C14H21N3O5S2/c18-11-5-3-7-17(11)22-12(19)6-2-1-4-10-13-9(8-24(10,20)21)15-14(23)16-13/h9-10,13H,1-8H2,(H2,15,16,23). The van der Waals surface area contributed by atoms with E-state index in [1.54, 1.807) is 0 Å². The molecule has 0 radical (unpaired) electrons. The van der Waals surface area contributed by atoms with Crippen molar-refractivity contribution in [2.24, 2.45) is 0 Å². The number of hydrogen-bond acceptors (Lipinski definition) is 6. The van der Waals surface area contributed by atoms with E-state index in [9.17, 15) is 18.0 Å². The van der Waals surface area contributed by atoms with Crippen molar-refractivity contribution in [2.45, 2.75) is 55.9 Å². The Morgan fingerprint density at radius 1 is 1.33 bits per heavy atom. The number of amides is 1. The van der Waals surface area contributed by atoms with Crippen molar-refractivity contribution >= 4 is 39.0 Å². The van der Waals surface area contributed by atoms with E-state index < -0.39 is 21.1 Å². The summed E-state index contributed by atoms with van der Waals surface area (Å²) in [5.74, 6) is -0.518. The fraction of sp³-hybridized carbons (Fsp3) is 0.786.